The summed E-state index contributed by atoms with van der Waals surface area (Å²) in [5.74, 6) is 0.575. The molecule has 270 valence electrons. The first-order valence-electron chi connectivity index (χ1n) is 16.9. The third kappa shape index (κ3) is 9.03. The van der Waals surface area contributed by atoms with Crippen molar-refractivity contribution < 1.29 is 47.2 Å². The predicted octanol–water partition coefficient (Wildman–Crippen LogP) is 2.36. The summed E-state index contributed by atoms with van der Waals surface area (Å²) >= 11 is 0. The first-order valence-corrected chi connectivity index (χ1v) is 18.3. The van der Waals surface area contributed by atoms with E-state index >= 15 is 0 Å². The third-order valence-corrected chi connectivity index (χ3v) is 11.2. The van der Waals surface area contributed by atoms with Crippen LogP contribution in [-0.4, -0.2) is 98.8 Å². The molecule has 2 saturated heterocycles. The van der Waals surface area contributed by atoms with E-state index < -0.39 is 52.6 Å². The van der Waals surface area contributed by atoms with E-state index in [9.17, 15) is 28.2 Å². The minimum absolute atomic E-state index is 0.0324. The number of carbonyl (C=O) groups excluding carboxylic acids is 2. The van der Waals surface area contributed by atoms with Gasteiger partial charge in [-0.1, -0.05) is 58.0 Å². The highest BCUT2D eigenvalue weighted by molar-refractivity contribution is 7.89. The molecule has 0 aromatic heterocycles. The number of hydrogen-bond acceptors (Lipinski definition) is 10. The number of amides is 2. The van der Waals surface area contributed by atoms with Gasteiger partial charge in [-0.25, -0.2) is 8.42 Å². The number of carbonyl (C=O) groups is 2. The minimum Gasteiger partial charge on any atom is -0.530 e. The van der Waals surface area contributed by atoms with Crippen LogP contribution >= 0.6 is 0 Å². The van der Waals surface area contributed by atoms with E-state index in [-0.39, 0.29) is 54.8 Å². The van der Waals surface area contributed by atoms with E-state index in [0.717, 1.165) is 10.5 Å². The van der Waals surface area contributed by atoms with Crippen molar-refractivity contribution in [2.45, 2.75) is 82.8 Å². The summed E-state index contributed by atoms with van der Waals surface area (Å²) in [7, 11) is -4.27. The van der Waals surface area contributed by atoms with E-state index in [4.69, 9.17) is 18.9 Å². The van der Waals surface area contributed by atoms with Gasteiger partial charge in [-0.3, -0.25) is 4.79 Å². The van der Waals surface area contributed by atoms with E-state index in [1.807, 2.05) is 58.0 Å². The van der Waals surface area contributed by atoms with Gasteiger partial charge in [0.05, 0.1) is 36.3 Å². The highest BCUT2D eigenvalue weighted by Gasteiger charge is 2.47. The summed E-state index contributed by atoms with van der Waals surface area (Å²) in [6, 6.07) is 11.8. The molecule has 3 aliphatic rings. The Morgan fingerprint density at radius 3 is 2.53 bits per heavy atom. The molecule has 0 saturated carbocycles. The number of benzene rings is 2. The fourth-order valence-electron chi connectivity index (χ4n) is 6.83. The Bertz CT molecular complexity index is 1550. The summed E-state index contributed by atoms with van der Waals surface area (Å²) in [6.45, 7) is 8.04. The van der Waals surface area contributed by atoms with Crippen LogP contribution in [0.15, 0.2) is 53.4 Å². The standard InChI is InChI=1S/C35H49N3O10S/c1-23(2)16-32(40)36-14-13-35(3,4)21-37(49(43,44)25-10-11-30-31(18-25)48-22-47-30)19-29(39)27(17-24-8-6-5-7-9-24)38(34(41)42)28-20-46-33-26(28)12-15-45-33/h5-11,18,23,26-29,33,39H,12-17,19-22H2,1-4H3,(H,36,40)(H,41,42)/p-1/t26-,27-,28-,29+,33+/m0/s1. The largest absolute Gasteiger partial charge is 0.530 e. The topological polar surface area (TPSA) is 167 Å². The average molecular weight is 703 g/mol. The van der Waals surface area contributed by atoms with Crippen LogP contribution in [0.25, 0.3) is 0 Å². The summed E-state index contributed by atoms with van der Waals surface area (Å²) in [4.78, 5) is 26.3. The van der Waals surface area contributed by atoms with Gasteiger partial charge in [-0.15, -0.1) is 0 Å². The van der Waals surface area contributed by atoms with Gasteiger partial charge < -0.3 is 44.2 Å². The van der Waals surface area contributed by atoms with Gasteiger partial charge in [-0.05, 0) is 48.3 Å². The summed E-state index contributed by atoms with van der Waals surface area (Å²) in [5.41, 5.74) is 0.101. The first kappa shape index (κ1) is 36.8. The molecular formula is C35H48N3O10S-. The number of aliphatic hydroxyl groups is 1. The lowest BCUT2D eigenvalue weighted by Crippen LogP contribution is -2.61. The van der Waals surface area contributed by atoms with Gasteiger partial charge in [0.1, 0.15) is 6.09 Å². The number of fused-ring (bicyclic) bond motifs is 2. The van der Waals surface area contributed by atoms with Crippen molar-refractivity contribution in [1.82, 2.24) is 14.5 Å². The number of aliphatic hydroxyl groups excluding tert-OH is 1. The maximum atomic E-state index is 14.4. The Kier molecular flexibility index (Phi) is 11.8. The fraction of sp³-hybridized carbons (Fsp3) is 0.600. The third-order valence-electron chi connectivity index (χ3n) is 9.36. The zero-order valence-corrected chi connectivity index (χ0v) is 29.4. The number of sulfonamides is 1. The smallest absolute Gasteiger partial charge is 0.243 e. The van der Waals surface area contributed by atoms with Crippen molar-refractivity contribution in [2.24, 2.45) is 17.3 Å². The monoisotopic (exact) mass is 702 g/mol. The molecule has 0 aliphatic carbocycles. The van der Waals surface area contributed by atoms with Gasteiger partial charge in [-0.2, -0.15) is 4.31 Å². The van der Waals surface area contributed by atoms with Crippen LogP contribution in [0.4, 0.5) is 4.79 Å². The Hall–Kier alpha value is -3.43. The molecule has 5 rings (SSSR count). The second-order valence-electron chi connectivity index (χ2n) is 14.3. The number of nitrogens with zero attached hydrogens (tertiary/aromatic N) is 2. The fourth-order valence-corrected chi connectivity index (χ4v) is 8.49. The van der Waals surface area contributed by atoms with Crippen molar-refractivity contribution in [2.75, 3.05) is 39.6 Å². The quantitative estimate of drug-likeness (QED) is 0.265. The average Bonchev–Trinajstić information content (AvgIpc) is 3.78. The SMILES string of the molecule is CC(C)CC(=O)NCCC(C)(C)CN(C[C@@H](O)[C@H](Cc1ccccc1)N(C(=O)[O-])[C@H]1CO[C@H]2OCC[C@H]21)S(=O)(=O)c1ccc2c(c1)OCO2. The lowest BCUT2D eigenvalue weighted by atomic mass is 9.89. The van der Waals surface area contributed by atoms with E-state index in [1.165, 1.54) is 22.5 Å². The highest BCUT2D eigenvalue weighted by atomic mass is 32.2. The first-order chi connectivity index (χ1) is 23.2. The van der Waals surface area contributed by atoms with Crippen LogP contribution in [0.1, 0.15) is 52.5 Å². The van der Waals surface area contributed by atoms with Gasteiger partial charge in [0.15, 0.2) is 17.8 Å². The molecule has 2 amide bonds. The van der Waals surface area contributed by atoms with E-state index in [1.54, 1.807) is 0 Å². The van der Waals surface area contributed by atoms with Crippen LogP contribution in [0.5, 0.6) is 11.5 Å². The van der Waals surface area contributed by atoms with Crippen LogP contribution in [0, 0.1) is 17.3 Å². The van der Waals surface area contributed by atoms with Crippen molar-refractivity contribution in [1.29, 1.82) is 0 Å². The molecule has 5 atom stereocenters. The summed E-state index contributed by atoms with van der Waals surface area (Å²) < 4.78 is 52.3. The number of carboxylic acid groups (broad SMARTS) is 1. The van der Waals surface area contributed by atoms with Crippen molar-refractivity contribution in [3.8, 4) is 11.5 Å². The van der Waals surface area contributed by atoms with Crippen molar-refractivity contribution >= 4 is 22.0 Å². The Morgan fingerprint density at radius 1 is 1.08 bits per heavy atom. The number of nitrogens with one attached hydrogen (secondary N) is 1. The van der Waals surface area contributed by atoms with Crippen LogP contribution in [0.2, 0.25) is 0 Å². The maximum Gasteiger partial charge on any atom is 0.243 e. The molecule has 2 aromatic rings. The molecule has 2 fully saturated rings. The second kappa shape index (κ2) is 15.6. The molecule has 0 spiro atoms. The second-order valence-corrected chi connectivity index (χ2v) is 16.2. The van der Waals surface area contributed by atoms with Crippen LogP contribution in [-0.2, 0) is 30.7 Å². The molecular weight excluding hydrogens is 654 g/mol. The van der Waals surface area contributed by atoms with Gasteiger partial charge in [0, 0.05) is 38.0 Å². The Labute approximate surface area is 288 Å². The summed E-state index contributed by atoms with van der Waals surface area (Å²) in [6.07, 6.45) is -1.98. The van der Waals surface area contributed by atoms with Crippen LogP contribution in [0.3, 0.4) is 0 Å². The van der Waals surface area contributed by atoms with Gasteiger partial charge in [0.2, 0.25) is 22.7 Å². The number of ether oxygens (including phenoxy) is 4. The zero-order valence-electron chi connectivity index (χ0n) is 28.6. The lowest BCUT2D eigenvalue weighted by molar-refractivity contribution is -0.273. The van der Waals surface area contributed by atoms with E-state index in [2.05, 4.69) is 5.32 Å². The van der Waals surface area contributed by atoms with Gasteiger partial charge >= 0.3 is 0 Å². The minimum atomic E-state index is -4.27. The molecule has 0 bridgehead atoms. The molecule has 0 unspecified atom stereocenters. The molecule has 49 heavy (non-hydrogen) atoms. The van der Waals surface area contributed by atoms with Crippen molar-refractivity contribution in [3.63, 3.8) is 0 Å². The Morgan fingerprint density at radius 2 is 1.82 bits per heavy atom. The molecule has 2 aromatic carbocycles. The Balaban J connectivity index is 1.45. The zero-order chi connectivity index (χ0) is 35.3. The highest BCUT2D eigenvalue weighted by Crippen LogP contribution is 2.38. The normalized spacial score (nSPS) is 21.5. The molecule has 2 N–H and O–H groups in total. The molecule has 3 aliphatic heterocycles. The molecule has 0 radical (unpaired) electrons. The predicted molar refractivity (Wildman–Crippen MR) is 177 cm³/mol. The van der Waals surface area contributed by atoms with E-state index in [0.29, 0.717) is 38.2 Å². The van der Waals surface area contributed by atoms with Crippen LogP contribution < -0.4 is 19.9 Å². The van der Waals surface area contributed by atoms with Crippen molar-refractivity contribution in [3.05, 3.63) is 54.1 Å². The number of hydrogen-bond donors (Lipinski definition) is 2. The molecule has 3 heterocycles. The lowest BCUT2D eigenvalue weighted by Gasteiger charge is -2.43. The molecule has 14 heteroatoms. The van der Waals surface area contributed by atoms with Gasteiger partial charge in [0.25, 0.3) is 0 Å². The maximum absolute atomic E-state index is 14.4. The number of rotatable bonds is 16. The molecule has 13 nitrogen and oxygen atoms in total. The summed E-state index contributed by atoms with van der Waals surface area (Å²) in [5, 5.41) is 27.9.